The summed E-state index contributed by atoms with van der Waals surface area (Å²) in [5.41, 5.74) is 2.06. The minimum atomic E-state index is -0.208. The first-order valence-corrected chi connectivity index (χ1v) is 7.26. The normalized spacial score (nSPS) is 29.1. The standard InChI is InChI=1S/C17H16FNO/c18-13-1-2-17-16(9-13)15(3-4-19-17)12-5-10-7-14(20)8-11(10)6-12/h1-4,9-12H,5-8H2/t10-,11?,12-/m1/s1. The number of hydrogen-bond donors (Lipinski definition) is 0. The molecule has 2 fully saturated rings. The van der Waals surface area contributed by atoms with E-state index in [-0.39, 0.29) is 5.82 Å². The van der Waals surface area contributed by atoms with Crippen molar-refractivity contribution in [2.24, 2.45) is 11.8 Å². The van der Waals surface area contributed by atoms with Crippen molar-refractivity contribution in [2.45, 2.75) is 31.6 Å². The van der Waals surface area contributed by atoms with Gasteiger partial charge in [0.15, 0.2) is 0 Å². The van der Waals surface area contributed by atoms with Gasteiger partial charge in [-0.1, -0.05) is 0 Å². The van der Waals surface area contributed by atoms with Crippen LogP contribution in [0.2, 0.25) is 0 Å². The molecule has 2 aliphatic rings. The van der Waals surface area contributed by atoms with Crippen molar-refractivity contribution in [3.63, 3.8) is 0 Å². The van der Waals surface area contributed by atoms with Crippen LogP contribution >= 0.6 is 0 Å². The summed E-state index contributed by atoms with van der Waals surface area (Å²) in [5.74, 6) is 1.75. The second-order valence-electron chi connectivity index (χ2n) is 6.20. The summed E-state index contributed by atoms with van der Waals surface area (Å²) in [6.07, 6.45) is 5.43. The Morgan fingerprint density at radius 1 is 1.10 bits per heavy atom. The number of Topliss-reactive ketones (excluding diaryl/α,β-unsaturated/α-hetero) is 1. The Labute approximate surface area is 117 Å². The fraction of sp³-hybridized carbons (Fsp3) is 0.412. The van der Waals surface area contributed by atoms with Crippen molar-refractivity contribution in [1.82, 2.24) is 4.98 Å². The molecule has 1 aromatic heterocycles. The van der Waals surface area contributed by atoms with Crippen LogP contribution in [-0.4, -0.2) is 10.8 Å². The molecule has 2 aliphatic carbocycles. The van der Waals surface area contributed by atoms with E-state index in [1.54, 1.807) is 12.1 Å². The minimum Gasteiger partial charge on any atom is -0.300 e. The van der Waals surface area contributed by atoms with Gasteiger partial charge in [-0.2, -0.15) is 0 Å². The van der Waals surface area contributed by atoms with Crippen LogP contribution in [0, 0.1) is 17.7 Å². The van der Waals surface area contributed by atoms with Gasteiger partial charge >= 0.3 is 0 Å². The molecule has 20 heavy (non-hydrogen) atoms. The van der Waals surface area contributed by atoms with Crippen molar-refractivity contribution in [3.8, 4) is 0 Å². The number of carbonyl (C=O) groups is 1. The molecule has 0 amide bonds. The molecule has 1 unspecified atom stereocenters. The van der Waals surface area contributed by atoms with Gasteiger partial charge in [-0.3, -0.25) is 9.78 Å². The number of ketones is 1. The molecular weight excluding hydrogens is 253 g/mol. The Morgan fingerprint density at radius 2 is 1.85 bits per heavy atom. The van der Waals surface area contributed by atoms with Crippen LogP contribution in [0.25, 0.3) is 10.9 Å². The lowest BCUT2D eigenvalue weighted by Gasteiger charge is -2.14. The van der Waals surface area contributed by atoms with Crippen molar-refractivity contribution < 1.29 is 9.18 Å². The lowest BCUT2D eigenvalue weighted by atomic mass is 9.92. The quantitative estimate of drug-likeness (QED) is 0.787. The minimum absolute atomic E-state index is 0.208. The molecule has 0 aliphatic heterocycles. The third-order valence-corrected chi connectivity index (χ3v) is 5.00. The van der Waals surface area contributed by atoms with Crippen molar-refractivity contribution in [3.05, 3.63) is 41.8 Å². The predicted octanol–water partition coefficient (Wildman–Crippen LogP) is 3.85. The number of nitrogens with zero attached hydrogens (tertiary/aromatic N) is 1. The van der Waals surface area contributed by atoms with Crippen LogP contribution in [0.15, 0.2) is 30.5 Å². The monoisotopic (exact) mass is 269 g/mol. The summed E-state index contributed by atoms with van der Waals surface area (Å²) in [4.78, 5) is 15.8. The SMILES string of the molecule is O=C1CC2C[C@H](c3ccnc4ccc(F)cc34)C[C@@H]2C1. The molecule has 3 heteroatoms. The van der Waals surface area contributed by atoms with E-state index in [4.69, 9.17) is 0 Å². The van der Waals surface area contributed by atoms with E-state index in [1.807, 2.05) is 12.3 Å². The fourth-order valence-corrected chi connectivity index (χ4v) is 4.13. The highest BCUT2D eigenvalue weighted by molar-refractivity contribution is 5.83. The number of aromatic nitrogens is 1. The van der Waals surface area contributed by atoms with Gasteiger partial charge in [-0.15, -0.1) is 0 Å². The zero-order chi connectivity index (χ0) is 13.7. The van der Waals surface area contributed by atoms with E-state index in [9.17, 15) is 9.18 Å². The number of rotatable bonds is 1. The van der Waals surface area contributed by atoms with Crippen LogP contribution in [-0.2, 0) is 4.79 Å². The lowest BCUT2D eigenvalue weighted by Crippen LogP contribution is -2.00. The van der Waals surface area contributed by atoms with E-state index in [0.29, 0.717) is 23.5 Å². The molecule has 2 saturated carbocycles. The first-order valence-electron chi connectivity index (χ1n) is 7.26. The van der Waals surface area contributed by atoms with Gasteiger partial charge in [-0.05, 0) is 60.4 Å². The maximum atomic E-state index is 13.5. The fourth-order valence-electron chi connectivity index (χ4n) is 4.13. The van der Waals surface area contributed by atoms with Crippen LogP contribution in [0.3, 0.4) is 0 Å². The highest BCUT2D eigenvalue weighted by Crippen LogP contribution is 2.50. The number of fused-ring (bicyclic) bond motifs is 2. The van der Waals surface area contributed by atoms with Gasteiger partial charge in [0, 0.05) is 24.4 Å². The molecule has 0 bridgehead atoms. The van der Waals surface area contributed by atoms with Crippen LogP contribution in [0.5, 0.6) is 0 Å². The molecule has 0 saturated heterocycles. The van der Waals surface area contributed by atoms with Gasteiger partial charge < -0.3 is 0 Å². The molecule has 2 aromatic rings. The summed E-state index contributed by atoms with van der Waals surface area (Å²) < 4.78 is 13.5. The van der Waals surface area contributed by atoms with E-state index < -0.39 is 0 Å². The van der Waals surface area contributed by atoms with Gasteiger partial charge in [0.2, 0.25) is 0 Å². The van der Waals surface area contributed by atoms with E-state index in [2.05, 4.69) is 4.98 Å². The van der Waals surface area contributed by atoms with Gasteiger partial charge in [-0.25, -0.2) is 4.39 Å². The second-order valence-corrected chi connectivity index (χ2v) is 6.20. The largest absolute Gasteiger partial charge is 0.300 e. The molecular formula is C17H16FNO. The highest BCUT2D eigenvalue weighted by Gasteiger charge is 2.41. The van der Waals surface area contributed by atoms with E-state index in [0.717, 1.165) is 36.6 Å². The maximum Gasteiger partial charge on any atom is 0.133 e. The Kier molecular flexibility index (Phi) is 2.62. The van der Waals surface area contributed by atoms with Crippen molar-refractivity contribution >= 4 is 16.7 Å². The Bertz CT molecular complexity index is 680. The molecule has 0 radical (unpaired) electrons. The Hall–Kier alpha value is -1.77. The molecule has 2 nitrogen and oxygen atoms in total. The number of halogens is 1. The van der Waals surface area contributed by atoms with Gasteiger partial charge in [0.05, 0.1) is 5.52 Å². The average molecular weight is 269 g/mol. The summed E-state index contributed by atoms with van der Waals surface area (Å²) in [5, 5.41) is 0.934. The third kappa shape index (κ3) is 1.84. The first kappa shape index (κ1) is 12.0. The molecule has 0 N–H and O–H groups in total. The number of hydrogen-bond acceptors (Lipinski definition) is 2. The van der Waals surface area contributed by atoms with Gasteiger partial charge in [0.1, 0.15) is 11.6 Å². The zero-order valence-electron chi connectivity index (χ0n) is 11.2. The van der Waals surface area contributed by atoms with E-state index in [1.165, 1.54) is 11.6 Å². The van der Waals surface area contributed by atoms with Crippen LogP contribution < -0.4 is 0 Å². The number of carbonyl (C=O) groups excluding carboxylic acids is 1. The number of benzene rings is 1. The third-order valence-electron chi connectivity index (χ3n) is 5.00. The molecule has 1 heterocycles. The smallest absolute Gasteiger partial charge is 0.133 e. The zero-order valence-corrected chi connectivity index (χ0v) is 11.2. The van der Waals surface area contributed by atoms with Crippen molar-refractivity contribution in [2.75, 3.05) is 0 Å². The predicted molar refractivity (Wildman–Crippen MR) is 74.9 cm³/mol. The Morgan fingerprint density at radius 3 is 2.60 bits per heavy atom. The summed E-state index contributed by atoms with van der Waals surface area (Å²) in [7, 11) is 0. The molecule has 1 aromatic carbocycles. The molecule has 3 atom stereocenters. The maximum absolute atomic E-state index is 13.5. The summed E-state index contributed by atoms with van der Waals surface area (Å²) in [6.45, 7) is 0. The van der Waals surface area contributed by atoms with Crippen molar-refractivity contribution in [1.29, 1.82) is 0 Å². The van der Waals surface area contributed by atoms with Crippen LogP contribution in [0.1, 0.15) is 37.2 Å². The molecule has 102 valence electrons. The summed E-state index contributed by atoms with van der Waals surface area (Å²) in [6, 6.07) is 6.82. The number of pyridine rings is 1. The molecule has 0 spiro atoms. The summed E-state index contributed by atoms with van der Waals surface area (Å²) >= 11 is 0. The molecule has 4 rings (SSSR count). The highest BCUT2D eigenvalue weighted by atomic mass is 19.1. The second kappa shape index (κ2) is 4.37. The van der Waals surface area contributed by atoms with E-state index >= 15 is 0 Å². The lowest BCUT2D eigenvalue weighted by molar-refractivity contribution is -0.117. The Balaban J connectivity index is 1.73. The van der Waals surface area contributed by atoms with Gasteiger partial charge in [0.25, 0.3) is 0 Å². The first-order chi connectivity index (χ1) is 9.70. The van der Waals surface area contributed by atoms with Crippen LogP contribution in [0.4, 0.5) is 4.39 Å². The average Bonchev–Trinajstić information content (AvgIpc) is 2.95. The topological polar surface area (TPSA) is 30.0 Å².